The van der Waals surface area contributed by atoms with Crippen LogP contribution in [0, 0.1) is 11.6 Å². The zero-order valence-electron chi connectivity index (χ0n) is 17.3. The Bertz CT molecular complexity index is 1370. The van der Waals surface area contributed by atoms with Gasteiger partial charge < -0.3 is 29.6 Å². The molecular formula is C17H18F2N2O12P2. The number of nitrogens with zero attached hydrogens (tertiary/aromatic N) is 2. The number of phosphoric acid groups is 2. The maximum atomic E-state index is 13.9. The third kappa shape index (κ3) is 6.51. The van der Waals surface area contributed by atoms with Gasteiger partial charge >= 0.3 is 21.3 Å². The van der Waals surface area contributed by atoms with Gasteiger partial charge in [0.1, 0.15) is 17.7 Å². The molecule has 0 saturated heterocycles. The third-order valence-electron chi connectivity index (χ3n) is 4.66. The fourth-order valence-corrected chi connectivity index (χ4v) is 4.67. The molecule has 0 saturated carbocycles. The van der Waals surface area contributed by atoms with Crippen molar-refractivity contribution in [1.82, 2.24) is 9.13 Å². The summed E-state index contributed by atoms with van der Waals surface area (Å²) in [5.41, 5.74) is -1.83. The monoisotopic (exact) mass is 542 g/mol. The van der Waals surface area contributed by atoms with E-state index >= 15 is 0 Å². The van der Waals surface area contributed by atoms with Gasteiger partial charge in [0.05, 0.1) is 6.61 Å². The molecule has 14 nitrogen and oxygen atoms in total. The molecule has 192 valence electrons. The van der Waals surface area contributed by atoms with Gasteiger partial charge in [-0.1, -0.05) is 6.07 Å². The van der Waals surface area contributed by atoms with Crippen LogP contribution in [0.3, 0.4) is 0 Å². The lowest BCUT2D eigenvalue weighted by atomic mass is 10.1. The SMILES string of the molecule is O=c1ccn([C@@H]2O[C@H](COP(=O)(O)OP(=O)(O)O)C(O)=C2O)c(=O)n1CCc1ccc(F)cc1F. The van der Waals surface area contributed by atoms with E-state index in [9.17, 15) is 42.6 Å². The topological polar surface area (TPSA) is 207 Å². The van der Waals surface area contributed by atoms with Crippen LogP contribution in [0.1, 0.15) is 11.8 Å². The molecule has 1 aromatic heterocycles. The van der Waals surface area contributed by atoms with Crippen LogP contribution < -0.4 is 11.2 Å². The Morgan fingerprint density at radius 1 is 1.06 bits per heavy atom. The molecule has 0 aliphatic carbocycles. The molecule has 0 radical (unpaired) electrons. The van der Waals surface area contributed by atoms with E-state index in [0.717, 1.165) is 24.4 Å². The van der Waals surface area contributed by atoms with E-state index in [2.05, 4.69) is 8.83 Å². The molecule has 1 aliphatic heterocycles. The molecular weight excluding hydrogens is 524 g/mol. The Balaban J connectivity index is 1.79. The first-order chi connectivity index (χ1) is 16.2. The molecule has 0 amide bonds. The Morgan fingerprint density at radius 2 is 1.74 bits per heavy atom. The molecule has 0 fully saturated rings. The predicted octanol–water partition coefficient (Wildman–Crippen LogP) is 0.982. The average Bonchev–Trinajstić information content (AvgIpc) is 3.00. The van der Waals surface area contributed by atoms with Crippen LogP contribution in [0.15, 0.2) is 51.6 Å². The summed E-state index contributed by atoms with van der Waals surface area (Å²) < 4.78 is 63.7. The Labute approximate surface area is 193 Å². The van der Waals surface area contributed by atoms with Crippen molar-refractivity contribution < 1.29 is 56.4 Å². The van der Waals surface area contributed by atoms with E-state index in [4.69, 9.17) is 14.5 Å². The van der Waals surface area contributed by atoms with Crippen molar-refractivity contribution in [3.05, 3.63) is 80.0 Å². The molecule has 35 heavy (non-hydrogen) atoms. The molecule has 1 aromatic carbocycles. The van der Waals surface area contributed by atoms with Crippen molar-refractivity contribution in [2.45, 2.75) is 25.3 Å². The number of rotatable bonds is 9. The van der Waals surface area contributed by atoms with E-state index in [1.54, 1.807) is 0 Å². The highest BCUT2D eigenvalue weighted by Gasteiger charge is 2.40. The van der Waals surface area contributed by atoms with Gasteiger partial charge in [0.25, 0.3) is 5.56 Å². The fourth-order valence-electron chi connectivity index (χ4n) is 3.08. The van der Waals surface area contributed by atoms with Crippen molar-refractivity contribution in [3.8, 4) is 0 Å². The van der Waals surface area contributed by atoms with Crippen LogP contribution in [-0.2, 0) is 35.7 Å². The molecule has 3 rings (SSSR count). The van der Waals surface area contributed by atoms with Gasteiger partial charge in [-0.2, -0.15) is 4.31 Å². The number of aliphatic hydroxyl groups excluding tert-OH is 2. The first kappa shape index (κ1) is 26.9. The van der Waals surface area contributed by atoms with Gasteiger partial charge in [-0.3, -0.25) is 18.5 Å². The number of hydrogen-bond acceptors (Lipinski definition) is 9. The minimum atomic E-state index is -5.41. The molecule has 2 aromatic rings. The summed E-state index contributed by atoms with van der Waals surface area (Å²) in [6.45, 7) is -1.39. The van der Waals surface area contributed by atoms with E-state index in [0.29, 0.717) is 15.2 Å². The number of aryl methyl sites for hydroxylation is 1. The van der Waals surface area contributed by atoms with Crippen LogP contribution in [0.5, 0.6) is 0 Å². The number of phosphoric ester groups is 1. The third-order valence-corrected chi connectivity index (χ3v) is 6.81. The van der Waals surface area contributed by atoms with Crippen molar-refractivity contribution >= 4 is 15.6 Å². The molecule has 5 N–H and O–H groups in total. The van der Waals surface area contributed by atoms with Gasteiger partial charge in [0.15, 0.2) is 17.7 Å². The summed E-state index contributed by atoms with van der Waals surface area (Å²) >= 11 is 0. The van der Waals surface area contributed by atoms with E-state index in [1.807, 2.05) is 0 Å². The number of aromatic nitrogens is 2. The Hall–Kier alpha value is -2.68. The van der Waals surface area contributed by atoms with Crippen molar-refractivity contribution in [2.75, 3.05) is 6.61 Å². The Morgan fingerprint density at radius 3 is 2.37 bits per heavy atom. The predicted molar refractivity (Wildman–Crippen MR) is 110 cm³/mol. The molecule has 2 heterocycles. The lowest BCUT2D eigenvalue weighted by Crippen LogP contribution is -2.41. The van der Waals surface area contributed by atoms with E-state index in [-0.39, 0.29) is 18.5 Å². The van der Waals surface area contributed by atoms with Gasteiger partial charge in [0.2, 0.25) is 0 Å². The molecule has 0 spiro atoms. The number of halogens is 2. The second-order valence-electron chi connectivity index (χ2n) is 7.07. The van der Waals surface area contributed by atoms with Crippen LogP contribution in [0.2, 0.25) is 0 Å². The zero-order chi connectivity index (χ0) is 26.1. The van der Waals surface area contributed by atoms with Crippen LogP contribution >= 0.6 is 15.6 Å². The lowest BCUT2D eigenvalue weighted by molar-refractivity contribution is -0.0368. The average molecular weight is 542 g/mol. The number of aliphatic hydroxyl groups is 2. The van der Waals surface area contributed by atoms with Crippen molar-refractivity contribution in [3.63, 3.8) is 0 Å². The van der Waals surface area contributed by atoms with Crippen LogP contribution in [0.4, 0.5) is 8.78 Å². The largest absolute Gasteiger partial charge is 0.506 e. The first-order valence-electron chi connectivity index (χ1n) is 9.46. The molecule has 3 atom stereocenters. The molecule has 18 heteroatoms. The highest BCUT2D eigenvalue weighted by molar-refractivity contribution is 7.60. The van der Waals surface area contributed by atoms with Gasteiger partial charge in [-0.05, 0) is 18.1 Å². The summed E-state index contributed by atoms with van der Waals surface area (Å²) in [6.07, 6.45) is -2.66. The normalized spacial score (nSPS) is 20.3. The number of hydrogen-bond donors (Lipinski definition) is 5. The van der Waals surface area contributed by atoms with E-state index in [1.165, 1.54) is 0 Å². The second-order valence-corrected chi connectivity index (χ2v) is 9.89. The lowest BCUT2D eigenvalue weighted by Gasteiger charge is -2.18. The summed E-state index contributed by atoms with van der Waals surface area (Å²) in [7, 11) is -10.7. The molecule has 0 bridgehead atoms. The number of ether oxygens (including phenoxy) is 1. The standard InChI is InChI=1S/C17H18F2N2O12P2/c18-10-2-1-9(11(19)7-10)3-5-20-13(22)4-6-21(17(20)25)16-15(24)14(23)12(32-16)8-31-35(29,30)33-34(26,27)28/h1-2,4,6-7,12,16,23-24H,3,5,8H2,(H,29,30)(H2,26,27,28)/t12-,16-/m1/s1. The van der Waals surface area contributed by atoms with Gasteiger partial charge in [0, 0.05) is 24.9 Å². The van der Waals surface area contributed by atoms with Crippen LogP contribution in [-0.4, -0.2) is 46.7 Å². The Kier molecular flexibility index (Phi) is 7.79. The first-order valence-corrected chi connectivity index (χ1v) is 12.5. The minimum absolute atomic E-state index is 0.0220. The summed E-state index contributed by atoms with van der Waals surface area (Å²) in [6, 6.07) is 3.69. The smallest absolute Gasteiger partial charge is 0.481 e. The van der Waals surface area contributed by atoms with Gasteiger partial charge in [-0.25, -0.2) is 22.7 Å². The quantitative estimate of drug-likeness (QED) is 0.281. The van der Waals surface area contributed by atoms with Crippen molar-refractivity contribution in [2.24, 2.45) is 0 Å². The van der Waals surface area contributed by atoms with E-state index < -0.39 is 69.0 Å². The zero-order valence-corrected chi connectivity index (χ0v) is 19.1. The summed E-state index contributed by atoms with van der Waals surface area (Å²) in [5, 5.41) is 20.2. The van der Waals surface area contributed by atoms with Crippen LogP contribution in [0.25, 0.3) is 0 Å². The maximum absolute atomic E-state index is 13.9. The molecule has 1 unspecified atom stereocenters. The molecule has 1 aliphatic rings. The summed E-state index contributed by atoms with van der Waals surface area (Å²) in [5.74, 6) is -3.57. The number of benzene rings is 1. The fraction of sp³-hybridized carbons (Fsp3) is 0.294. The second kappa shape index (κ2) is 10.1. The summed E-state index contributed by atoms with van der Waals surface area (Å²) in [4.78, 5) is 51.5. The van der Waals surface area contributed by atoms with Gasteiger partial charge in [-0.15, -0.1) is 0 Å². The highest BCUT2D eigenvalue weighted by atomic mass is 31.3. The minimum Gasteiger partial charge on any atom is -0.506 e. The maximum Gasteiger partial charge on any atom is 0.481 e. The highest BCUT2D eigenvalue weighted by Crippen LogP contribution is 2.57. The van der Waals surface area contributed by atoms with Crippen molar-refractivity contribution in [1.29, 1.82) is 0 Å².